The van der Waals surface area contributed by atoms with E-state index in [1.54, 1.807) is 18.5 Å². The van der Waals surface area contributed by atoms with Gasteiger partial charge >= 0.3 is 0 Å². The van der Waals surface area contributed by atoms with Crippen LogP contribution in [-0.2, 0) is 22.7 Å². The second kappa shape index (κ2) is 6.37. The van der Waals surface area contributed by atoms with Crippen LogP contribution in [0.1, 0.15) is 29.8 Å². The van der Waals surface area contributed by atoms with Crippen molar-refractivity contribution in [3.05, 3.63) is 53.6 Å². The summed E-state index contributed by atoms with van der Waals surface area (Å²) in [5.41, 5.74) is 3.35. The monoisotopic (exact) mass is 331 g/mol. The highest BCUT2D eigenvalue weighted by Gasteiger charge is 2.21. The van der Waals surface area contributed by atoms with E-state index in [-0.39, 0.29) is 6.04 Å². The lowest BCUT2D eigenvalue weighted by atomic mass is 10.0. The molecule has 1 unspecified atom stereocenters. The van der Waals surface area contributed by atoms with E-state index in [1.807, 2.05) is 18.3 Å². The normalized spacial score (nSPS) is 17.3. The van der Waals surface area contributed by atoms with Crippen LogP contribution in [-0.4, -0.2) is 42.6 Å². The quantitative estimate of drug-likeness (QED) is 0.861. The van der Waals surface area contributed by atoms with Crippen molar-refractivity contribution >= 4 is 9.84 Å². The molecule has 122 valence electrons. The Morgan fingerprint density at radius 1 is 1.13 bits per heavy atom. The Labute approximate surface area is 137 Å². The smallest absolute Gasteiger partial charge is 0.175 e. The standard InChI is InChI=1S/C17H21N3O2S/c1-13(17-12-18-7-8-19-17)20-9-5-14-3-4-16(23(2,21)22)11-15(14)6-10-20/h3-4,7-8,11-13H,5-6,9-10H2,1-2H3. The fourth-order valence-corrected chi connectivity index (χ4v) is 3.72. The molecule has 0 radical (unpaired) electrons. The van der Waals surface area contributed by atoms with Gasteiger partial charge in [-0.15, -0.1) is 0 Å². The number of nitrogens with zero attached hydrogens (tertiary/aromatic N) is 3. The predicted molar refractivity (Wildman–Crippen MR) is 89.0 cm³/mol. The molecule has 0 N–H and O–H groups in total. The fourth-order valence-electron chi connectivity index (χ4n) is 3.05. The van der Waals surface area contributed by atoms with Crippen molar-refractivity contribution in [1.29, 1.82) is 0 Å². The number of hydrogen-bond acceptors (Lipinski definition) is 5. The Bertz CT molecular complexity index is 791. The second-order valence-electron chi connectivity index (χ2n) is 6.04. The Hall–Kier alpha value is -1.79. The number of fused-ring (bicyclic) bond motifs is 1. The molecule has 2 aromatic rings. The molecule has 5 nitrogen and oxygen atoms in total. The molecule has 1 aromatic heterocycles. The summed E-state index contributed by atoms with van der Waals surface area (Å²) in [7, 11) is -3.15. The Balaban J connectivity index is 1.80. The van der Waals surface area contributed by atoms with Crippen molar-refractivity contribution in [3.63, 3.8) is 0 Å². The van der Waals surface area contributed by atoms with Gasteiger partial charge in [-0.3, -0.25) is 14.9 Å². The topological polar surface area (TPSA) is 63.2 Å². The molecule has 0 bridgehead atoms. The maximum Gasteiger partial charge on any atom is 0.175 e. The van der Waals surface area contributed by atoms with Gasteiger partial charge in [0, 0.05) is 37.9 Å². The molecular formula is C17H21N3O2S. The maximum atomic E-state index is 11.7. The summed E-state index contributed by atoms with van der Waals surface area (Å²) in [5.74, 6) is 0. The highest BCUT2D eigenvalue weighted by Crippen LogP contribution is 2.24. The molecule has 1 aromatic carbocycles. The SMILES string of the molecule is CC(c1cnccn1)N1CCc2ccc(S(C)(=O)=O)cc2CC1. The summed E-state index contributed by atoms with van der Waals surface area (Å²) in [6.45, 7) is 3.96. The van der Waals surface area contributed by atoms with Gasteiger partial charge in [-0.05, 0) is 43.0 Å². The van der Waals surface area contributed by atoms with Gasteiger partial charge in [0.25, 0.3) is 0 Å². The molecule has 23 heavy (non-hydrogen) atoms. The highest BCUT2D eigenvalue weighted by molar-refractivity contribution is 7.90. The second-order valence-corrected chi connectivity index (χ2v) is 8.06. The van der Waals surface area contributed by atoms with E-state index >= 15 is 0 Å². The van der Waals surface area contributed by atoms with Gasteiger partial charge in [0.15, 0.2) is 9.84 Å². The lowest BCUT2D eigenvalue weighted by Gasteiger charge is -2.26. The summed E-state index contributed by atoms with van der Waals surface area (Å²) in [6, 6.07) is 5.71. The average molecular weight is 331 g/mol. The molecular weight excluding hydrogens is 310 g/mol. The van der Waals surface area contributed by atoms with Gasteiger partial charge in [0.2, 0.25) is 0 Å². The lowest BCUT2D eigenvalue weighted by molar-refractivity contribution is 0.217. The molecule has 0 saturated heterocycles. The van der Waals surface area contributed by atoms with Crippen LogP contribution in [0.15, 0.2) is 41.7 Å². The molecule has 2 heterocycles. The first kappa shape index (κ1) is 16.1. The van der Waals surface area contributed by atoms with E-state index in [9.17, 15) is 8.42 Å². The molecule has 3 rings (SSSR count). The number of hydrogen-bond donors (Lipinski definition) is 0. The molecule has 1 aliphatic heterocycles. The number of aromatic nitrogens is 2. The minimum Gasteiger partial charge on any atom is -0.294 e. The third-order valence-corrected chi connectivity index (χ3v) is 5.61. The van der Waals surface area contributed by atoms with E-state index in [0.29, 0.717) is 4.90 Å². The third-order valence-electron chi connectivity index (χ3n) is 4.50. The molecule has 6 heteroatoms. The van der Waals surface area contributed by atoms with Crippen LogP contribution in [0.4, 0.5) is 0 Å². The maximum absolute atomic E-state index is 11.7. The average Bonchev–Trinajstić information content (AvgIpc) is 2.76. The van der Waals surface area contributed by atoms with Crippen LogP contribution in [0.2, 0.25) is 0 Å². The number of rotatable bonds is 3. The van der Waals surface area contributed by atoms with Crippen molar-refractivity contribution in [2.45, 2.75) is 30.7 Å². The Kier molecular flexibility index (Phi) is 4.46. The number of benzene rings is 1. The van der Waals surface area contributed by atoms with E-state index in [1.165, 1.54) is 11.8 Å². The summed E-state index contributed by atoms with van der Waals surface area (Å²) in [5, 5.41) is 0. The van der Waals surface area contributed by atoms with E-state index < -0.39 is 9.84 Å². The van der Waals surface area contributed by atoms with Crippen LogP contribution < -0.4 is 0 Å². The van der Waals surface area contributed by atoms with Crippen molar-refractivity contribution < 1.29 is 8.42 Å². The third kappa shape index (κ3) is 3.59. The summed E-state index contributed by atoms with van der Waals surface area (Å²) >= 11 is 0. The molecule has 0 amide bonds. The van der Waals surface area contributed by atoms with Crippen LogP contribution in [0.25, 0.3) is 0 Å². The van der Waals surface area contributed by atoms with E-state index in [4.69, 9.17) is 0 Å². The summed E-state index contributed by atoms with van der Waals surface area (Å²) in [6.07, 6.45) is 8.24. The van der Waals surface area contributed by atoms with Gasteiger partial charge in [-0.25, -0.2) is 8.42 Å². The summed E-state index contributed by atoms with van der Waals surface area (Å²) < 4.78 is 23.5. The van der Waals surface area contributed by atoms with Gasteiger partial charge in [-0.1, -0.05) is 6.07 Å². The Morgan fingerprint density at radius 2 is 1.87 bits per heavy atom. The minimum absolute atomic E-state index is 0.201. The molecule has 0 fully saturated rings. The predicted octanol–water partition coefficient (Wildman–Crippen LogP) is 2.04. The van der Waals surface area contributed by atoms with Crippen molar-refractivity contribution in [2.24, 2.45) is 0 Å². The minimum atomic E-state index is -3.15. The van der Waals surface area contributed by atoms with Crippen molar-refractivity contribution in [1.82, 2.24) is 14.9 Å². The first-order chi connectivity index (χ1) is 10.9. The lowest BCUT2D eigenvalue weighted by Crippen LogP contribution is -2.30. The fraction of sp³-hybridized carbons (Fsp3) is 0.412. The van der Waals surface area contributed by atoms with Crippen molar-refractivity contribution in [2.75, 3.05) is 19.3 Å². The zero-order valence-electron chi connectivity index (χ0n) is 13.4. The molecule has 1 aliphatic rings. The van der Waals surface area contributed by atoms with Crippen LogP contribution in [0, 0.1) is 0 Å². The van der Waals surface area contributed by atoms with Crippen LogP contribution in [0.3, 0.4) is 0 Å². The van der Waals surface area contributed by atoms with Crippen molar-refractivity contribution in [3.8, 4) is 0 Å². The molecule has 0 spiro atoms. The van der Waals surface area contributed by atoms with Gasteiger partial charge in [0.1, 0.15) is 0 Å². The summed E-state index contributed by atoms with van der Waals surface area (Å²) in [4.78, 5) is 11.3. The van der Waals surface area contributed by atoms with E-state index in [0.717, 1.165) is 37.2 Å². The van der Waals surface area contributed by atoms with Gasteiger partial charge in [-0.2, -0.15) is 0 Å². The first-order valence-corrected chi connectivity index (χ1v) is 9.66. The van der Waals surface area contributed by atoms with E-state index in [2.05, 4.69) is 21.8 Å². The molecule has 0 aliphatic carbocycles. The van der Waals surface area contributed by atoms with Gasteiger partial charge < -0.3 is 0 Å². The Morgan fingerprint density at radius 3 is 2.52 bits per heavy atom. The van der Waals surface area contributed by atoms with Crippen LogP contribution >= 0.6 is 0 Å². The largest absolute Gasteiger partial charge is 0.294 e. The first-order valence-electron chi connectivity index (χ1n) is 7.77. The van der Waals surface area contributed by atoms with Crippen LogP contribution in [0.5, 0.6) is 0 Å². The highest BCUT2D eigenvalue weighted by atomic mass is 32.2. The molecule has 0 saturated carbocycles. The molecule has 1 atom stereocenters. The van der Waals surface area contributed by atoms with Gasteiger partial charge in [0.05, 0.1) is 16.6 Å². The zero-order chi connectivity index (χ0) is 16.4. The number of sulfone groups is 1. The zero-order valence-corrected chi connectivity index (χ0v) is 14.3.